The van der Waals surface area contributed by atoms with Crippen molar-refractivity contribution in [1.29, 1.82) is 0 Å². The van der Waals surface area contributed by atoms with E-state index in [9.17, 15) is 0 Å². The van der Waals surface area contributed by atoms with Crippen LogP contribution in [0.4, 0.5) is 0 Å². The standard InChI is InChI=1S/2BrH.2In/h2*1H;;/q;;2*+3/p-2. The second-order valence-electron chi connectivity index (χ2n) is 0. The second kappa shape index (κ2) is 17.3. The molecule has 4 heavy (non-hydrogen) atoms. The Morgan fingerprint density at radius 2 is 0.500 bits per heavy atom. The molecule has 0 spiro atoms. The monoisotopic (exact) mass is 388 g/mol. The smallest absolute Gasteiger partial charge is 1.00 e. The average Bonchev–Trinajstić information content (AvgIpc) is 0. The molecule has 0 aromatic rings. The van der Waals surface area contributed by atoms with Crippen molar-refractivity contribution in [3.05, 3.63) is 0 Å². The van der Waals surface area contributed by atoms with Gasteiger partial charge >= 0.3 is 51.7 Å². The van der Waals surface area contributed by atoms with Crippen LogP contribution in [0.25, 0.3) is 0 Å². The molecule has 0 heterocycles. The van der Waals surface area contributed by atoms with Crippen molar-refractivity contribution in [1.82, 2.24) is 0 Å². The zero-order chi connectivity index (χ0) is 0. The van der Waals surface area contributed by atoms with E-state index in [2.05, 4.69) is 0 Å². The summed E-state index contributed by atoms with van der Waals surface area (Å²) in [6, 6.07) is 0. The van der Waals surface area contributed by atoms with Gasteiger partial charge < -0.3 is 34.0 Å². The fraction of sp³-hybridized carbons (Fsp3) is 0. The number of hydrogen-bond acceptors (Lipinski definition) is 0. The predicted octanol–water partition coefficient (Wildman–Crippen LogP) is -6.75. The van der Waals surface area contributed by atoms with Gasteiger partial charge in [-0.3, -0.25) is 0 Å². The topological polar surface area (TPSA) is 0 Å². The van der Waals surface area contributed by atoms with Crippen LogP contribution in [0.3, 0.4) is 0 Å². The van der Waals surface area contributed by atoms with E-state index in [0.29, 0.717) is 0 Å². The molecule has 0 saturated carbocycles. The van der Waals surface area contributed by atoms with Gasteiger partial charge in [0.2, 0.25) is 0 Å². The molecule has 0 saturated heterocycles. The molecule has 0 N–H and O–H groups in total. The molecule has 0 amide bonds. The van der Waals surface area contributed by atoms with Crippen molar-refractivity contribution in [2.45, 2.75) is 0 Å². The van der Waals surface area contributed by atoms with Crippen LogP contribution >= 0.6 is 0 Å². The van der Waals surface area contributed by atoms with Crippen molar-refractivity contribution >= 4 is 51.7 Å². The molecule has 0 aliphatic carbocycles. The van der Waals surface area contributed by atoms with E-state index in [4.69, 9.17) is 0 Å². The number of hydrogen-bond donors (Lipinski definition) is 0. The Balaban J connectivity index is 0. The van der Waals surface area contributed by atoms with Crippen LogP contribution in [0, 0.1) is 0 Å². The first-order chi connectivity index (χ1) is 0. The van der Waals surface area contributed by atoms with Crippen LogP contribution in [0.5, 0.6) is 0 Å². The first kappa shape index (κ1) is 29.9. The molecular formula is Br2In2+4. The first-order valence-electron chi connectivity index (χ1n) is 0. The minimum absolute atomic E-state index is 0. The Morgan fingerprint density at radius 3 is 0.500 bits per heavy atom. The van der Waals surface area contributed by atoms with E-state index in [1.807, 2.05) is 0 Å². The summed E-state index contributed by atoms with van der Waals surface area (Å²) >= 11 is 0. The Labute approximate surface area is 84.2 Å². The molecule has 0 nitrogen and oxygen atoms in total. The van der Waals surface area contributed by atoms with E-state index in [1.165, 1.54) is 0 Å². The van der Waals surface area contributed by atoms with Crippen LogP contribution in [0.1, 0.15) is 0 Å². The molecular weight excluding hydrogens is 389 g/mol. The summed E-state index contributed by atoms with van der Waals surface area (Å²) in [5.74, 6) is 0. The fourth-order valence-corrected chi connectivity index (χ4v) is 0. The molecule has 16 valence electrons. The Bertz CT molecular complexity index is 4.00. The summed E-state index contributed by atoms with van der Waals surface area (Å²) in [7, 11) is 0. The molecule has 0 aromatic heterocycles. The van der Waals surface area contributed by atoms with Crippen molar-refractivity contribution < 1.29 is 34.0 Å². The van der Waals surface area contributed by atoms with E-state index < -0.39 is 0 Å². The summed E-state index contributed by atoms with van der Waals surface area (Å²) in [6.07, 6.45) is 0. The Morgan fingerprint density at radius 1 is 0.500 bits per heavy atom. The normalized spacial score (nSPS) is 0. The fourth-order valence-electron chi connectivity index (χ4n) is 0. The third-order valence-corrected chi connectivity index (χ3v) is 0. The molecule has 0 unspecified atom stereocenters. The van der Waals surface area contributed by atoms with E-state index >= 15 is 0 Å². The zero-order valence-corrected chi connectivity index (χ0v) is 11.7. The van der Waals surface area contributed by atoms with Gasteiger partial charge in [-0.25, -0.2) is 0 Å². The summed E-state index contributed by atoms with van der Waals surface area (Å²) in [5, 5.41) is 0. The Kier molecular flexibility index (Phi) is 129. The van der Waals surface area contributed by atoms with Crippen LogP contribution in [-0.2, 0) is 0 Å². The summed E-state index contributed by atoms with van der Waals surface area (Å²) < 4.78 is 0. The molecule has 0 aliphatic rings. The van der Waals surface area contributed by atoms with Crippen molar-refractivity contribution in [3.8, 4) is 0 Å². The maximum Gasteiger partial charge on any atom is 3.00 e. The summed E-state index contributed by atoms with van der Waals surface area (Å²) in [4.78, 5) is 0. The second-order valence-corrected chi connectivity index (χ2v) is 0. The van der Waals surface area contributed by atoms with Crippen LogP contribution in [0.15, 0.2) is 0 Å². The van der Waals surface area contributed by atoms with Gasteiger partial charge in [0, 0.05) is 0 Å². The van der Waals surface area contributed by atoms with Gasteiger partial charge in [-0.05, 0) is 0 Å². The third-order valence-electron chi connectivity index (χ3n) is 0. The van der Waals surface area contributed by atoms with Crippen molar-refractivity contribution in [2.75, 3.05) is 0 Å². The maximum atomic E-state index is 0. The van der Waals surface area contributed by atoms with Gasteiger partial charge in [-0.1, -0.05) is 0 Å². The van der Waals surface area contributed by atoms with E-state index in [-0.39, 0.29) is 85.6 Å². The number of rotatable bonds is 0. The van der Waals surface area contributed by atoms with Gasteiger partial charge in [0.05, 0.1) is 0 Å². The minimum atomic E-state index is 0. The maximum absolute atomic E-state index is 0. The molecule has 0 fully saturated rings. The molecule has 0 atom stereocenters. The van der Waals surface area contributed by atoms with Gasteiger partial charge in [-0.2, -0.15) is 0 Å². The molecule has 0 bridgehead atoms. The van der Waals surface area contributed by atoms with Crippen LogP contribution < -0.4 is 34.0 Å². The molecule has 0 radical (unpaired) electrons. The minimum Gasteiger partial charge on any atom is -1.00 e. The largest absolute Gasteiger partial charge is 3.00 e. The predicted molar refractivity (Wildman–Crippen MR) is 11.5 cm³/mol. The van der Waals surface area contributed by atoms with Crippen LogP contribution in [-0.4, -0.2) is 51.7 Å². The first-order valence-corrected chi connectivity index (χ1v) is 0. The quantitative estimate of drug-likeness (QED) is 0.387. The molecule has 4 heteroatoms. The van der Waals surface area contributed by atoms with E-state index in [0.717, 1.165) is 0 Å². The van der Waals surface area contributed by atoms with Gasteiger partial charge in [-0.15, -0.1) is 0 Å². The molecule has 0 aliphatic heterocycles. The zero-order valence-electron chi connectivity index (χ0n) is 1.91. The number of halogens is 2. The van der Waals surface area contributed by atoms with Gasteiger partial charge in [0.25, 0.3) is 0 Å². The van der Waals surface area contributed by atoms with Crippen molar-refractivity contribution in [2.24, 2.45) is 0 Å². The van der Waals surface area contributed by atoms with E-state index in [1.54, 1.807) is 0 Å². The van der Waals surface area contributed by atoms with Gasteiger partial charge in [0.1, 0.15) is 0 Å². The molecule has 0 aromatic carbocycles. The van der Waals surface area contributed by atoms with Crippen molar-refractivity contribution in [3.63, 3.8) is 0 Å². The SMILES string of the molecule is [Br-].[Br-].[In+3].[In+3]. The average molecular weight is 389 g/mol. The summed E-state index contributed by atoms with van der Waals surface area (Å²) in [6.45, 7) is 0. The third kappa shape index (κ3) is 8.83. The van der Waals surface area contributed by atoms with Crippen LogP contribution in [0.2, 0.25) is 0 Å². The van der Waals surface area contributed by atoms with Gasteiger partial charge in [0.15, 0.2) is 0 Å². The summed E-state index contributed by atoms with van der Waals surface area (Å²) in [5.41, 5.74) is 0. The molecule has 0 rings (SSSR count). The Hall–Kier alpha value is 2.70.